The van der Waals surface area contributed by atoms with Crippen LogP contribution in [0.2, 0.25) is 0 Å². The van der Waals surface area contributed by atoms with Crippen molar-refractivity contribution < 1.29 is 33.0 Å². The lowest BCUT2D eigenvalue weighted by molar-refractivity contribution is -0.140. The number of aromatic hydroxyl groups is 1. The molecule has 2 aromatic rings. The van der Waals surface area contributed by atoms with Gasteiger partial charge in [0, 0.05) is 38.9 Å². The van der Waals surface area contributed by atoms with E-state index in [1.807, 2.05) is 0 Å². The number of amides is 1. The van der Waals surface area contributed by atoms with Crippen molar-refractivity contribution in [3.05, 3.63) is 65.2 Å². The van der Waals surface area contributed by atoms with Gasteiger partial charge in [-0.25, -0.2) is 8.42 Å². The molecule has 1 atom stereocenters. The van der Waals surface area contributed by atoms with E-state index in [4.69, 9.17) is 4.74 Å². The van der Waals surface area contributed by atoms with Gasteiger partial charge in [-0.2, -0.15) is 4.31 Å². The molecule has 0 saturated carbocycles. The fourth-order valence-electron chi connectivity index (χ4n) is 4.69. The highest BCUT2D eigenvalue weighted by molar-refractivity contribution is 7.89. The number of nitrogens with zero attached hydrogens (tertiary/aromatic N) is 2. The number of phenols is 1. The molecule has 2 aromatic carbocycles. The van der Waals surface area contributed by atoms with Crippen LogP contribution in [-0.2, 0) is 24.3 Å². The monoisotopic (exact) mass is 514 g/mol. The number of phenolic OH excluding ortho intramolecular Hbond substituents is 1. The number of hydrogen-bond acceptors (Lipinski definition) is 7. The van der Waals surface area contributed by atoms with E-state index >= 15 is 0 Å². The van der Waals surface area contributed by atoms with Gasteiger partial charge in [0.15, 0.2) is 0 Å². The van der Waals surface area contributed by atoms with Gasteiger partial charge in [0.2, 0.25) is 10.0 Å². The first-order chi connectivity index (χ1) is 17.3. The number of carbonyl (C=O) groups excluding carboxylic acids is 2. The first-order valence-electron chi connectivity index (χ1n) is 11.9. The zero-order chi connectivity index (χ0) is 25.9. The van der Waals surface area contributed by atoms with Gasteiger partial charge in [-0.15, -0.1) is 0 Å². The number of likely N-dealkylation sites (tertiary alicyclic amines) is 1. The molecular formula is C26H30N2O7S. The number of aliphatic hydroxyl groups excluding tert-OH is 1. The van der Waals surface area contributed by atoms with Gasteiger partial charge >= 0.3 is 0 Å². The molecule has 0 radical (unpaired) electrons. The number of Topliss-reactive ketones (excluding diaryl/α,β-unsaturated/α-hetero) is 1. The number of aliphatic hydroxyl groups is 1. The Morgan fingerprint density at radius 1 is 1.00 bits per heavy atom. The van der Waals surface area contributed by atoms with Crippen molar-refractivity contribution in [1.82, 2.24) is 9.21 Å². The molecule has 1 amide bonds. The minimum absolute atomic E-state index is 0.0283. The third kappa shape index (κ3) is 5.02. The molecule has 9 nitrogen and oxygen atoms in total. The maximum Gasteiger partial charge on any atom is 0.295 e. The summed E-state index contributed by atoms with van der Waals surface area (Å²) in [5.41, 5.74) is 0.691. The minimum atomic E-state index is -3.65. The van der Waals surface area contributed by atoms with E-state index in [1.54, 1.807) is 19.2 Å². The van der Waals surface area contributed by atoms with Crippen LogP contribution in [0.25, 0.3) is 5.76 Å². The molecule has 10 heteroatoms. The number of sulfonamides is 1. The average Bonchev–Trinajstić information content (AvgIpc) is 3.14. The third-order valence-electron chi connectivity index (χ3n) is 6.58. The number of piperidine rings is 1. The first-order valence-corrected chi connectivity index (χ1v) is 13.4. The number of ether oxygens (including phenoxy) is 1. The quantitative estimate of drug-likeness (QED) is 0.240. The number of carbonyl (C=O) groups is 2. The maximum absolute atomic E-state index is 13.1. The van der Waals surface area contributed by atoms with Crippen LogP contribution in [0, 0.1) is 0 Å². The van der Waals surface area contributed by atoms with Gasteiger partial charge < -0.3 is 19.8 Å². The molecule has 192 valence electrons. The fourth-order valence-corrected chi connectivity index (χ4v) is 6.20. The zero-order valence-electron chi connectivity index (χ0n) is 20.1. The molecule has 2 aliphatic heterocycles. The smallest absolute Gasteiger partial charge is 0.295 e. The minimum Gasteiger partial charge on any atom is -0.508 e. The number of rotatable bonds is 8. The van der Waals surface area contributed by atoms with E-state index in [0.29, 0.717) is 31.7 Å². The summed E-state index contributed by atoms with van der Waals surface area (Å²) in [4.78, 5) is 27.5. The summed E-state index contributed by atoms with van der Waals surface area (Å²) in [6.45, 7) is 1.57. The Hall–Kier alpha value is -3.21. The summed E-state index contributed by atoms with van der Waals surface area (Å²) in [7, 11) is -2.11. The lowest BCUT2D eigenvalue weighted by Gasteiger charge is -2.26. The first kappa shape index (κ1) is 25.9. The lowest BCUT2D eigenvalue weighted by Crippen LogP contribution is -2.35. The van der Waals surface area contributed by atoms with Crippen molar-refractivity contribution in [3.63, 3.8) is 0 Å². The molecule has 0 aliphatic carbocycles. The van der Waals surface area contributed by atoms with Gasteiger partial charge in [0.05, 0.1) is 16.5 Å². The second-order valence-electron chi connectivity index (χ2n) is 8.92. The Morgan fingerprint density at radius 2 is 1.64 bits per heavy atom. The van der Waals surface area contributed by atoms with Crippen LogP contribution in [0.15, 0.2) is 59.0 Å². The molecule has 2 fully saturated rings. The normalized spacial score (nSPS) is 20.7. The van der Waals surface area contributed by atoms with E-state index in [-0.39, 0.29) is 34.1 Å². The molecule has 4 rings (SSSR count). The second kappa shape index (κ2) is 10.8. The zero-order valence-corrected chi connectivity index (χ0v) is 20.9. The van der Waals surface area contributed by atoms with Crippen molar-refractivity contribution >= 4 is 27.5 Å². The Balaban J connectivity index is 1.71. The molecule has 2 aliphatic rings. The van der Waals surface area contributed by atoms with Gasteiger partial charge in [0.1, 0.15) is 11.5 Å². The Kier molecular flexibility index (Phi) is 7.77. The molecule has 36 heavy (non-hydrogen) atoms. The van der Waals surface area contributed by atoms with E-state index in [2.05, 4.69) is 0 Å². The Morgan fingerprint density at radius 3 is 2.25 bits per heavy atom. The summed E-state index contributed by atoms with van der Waals surface area (Å²) >= 11 is 0. The number of methoxy groups -OCH3 is 1. The van der Waals surface area contributed by atoms with Crippen molar-refractivity contribution in [2.24, 2.45) is 0 Å². The number of ketones is 1. The van der Waals surface area contributed by atoms with Gasteiger partial charge in [-0.1, -0.05) is 18.6 Å². The van der Waals surface area contributed by atoms with Gasteiger partial charge in [-0.05, 0) is 61.2 Å². The number of benzene rings is 2. The molecule has 0 aromatic heterocycles. The highest BCUT2D eigenvalue weighted by Gasteiger charge is 2.45. The molecular weight excluding hydrogens is 484 g/mol. The SMILES string of the molecule is COCCCN1C(=O)C(=O)/C(=C(\O)c2ccc(S(=O)(=O)N3CCCCC3)cc2)C1c1ccc(O)cc1. The molecule has 1 unspecified atom stereocenters. The van der Waals surface area contributed by atoms with Gasteiger partial charge in [-0.3, -0.25) is 9.59 Å². The predicted octanol–water partition coefficient (Wildman–Crippen LogP) is 3.03. The van der Waals surface area contributed by atoms with Crippen molar-refractivity contribution in [3.8, 4) is 5.75 Å². The topological polar surface area (TPSA) is 124 Å². The maximum atomic E-state index is 13.1. The summed E-state index contributed by atoms with van der Waals surface area (Å²) in [6.07, 6.45) is 3.13. The summed E-state index contributed by atoms with van der Waals surface area (Å²) in [5, 5.41) is 20.9. The largest absolute Gasteiger partial charge is 0.508 e. The van der Waals surface area contributed by atoms with Crippen molar-refractivity contribution in [1.29, 1.82) is 0 Å². The molecule has 0 spiro atoms. The second-order valence-corrected chi connectivity index (χ2v) is 10.9. The van der Waals surface area contributed by atoms with Gasteiger partial charge in [0.25, 0.3) is 11.7 Å². The summed E-state index contributed by atoms with van der Waals surface area (Å²) in [6, 6.07) is 10.9. The Bertz CT molecular complexity index is 1250. The highest BCUT2D eigenvalue weighted by Crippen LogP contribution is 2.40. The van der Waals surface area contributed by atoms with Crippen LogP contribution >= 0.6 is 0 Å². The molecule has 2 N–H and O–H groups in total. The lowest BCUT2D eigenvalue weighted by atomic mass is 9.95. The van der Waals surface area contributed by atoms with Crippen LogP contribution in [-0.4, -0.2) is 72.9 Å². The predicted molar refractivity (Wildman–Crippen MR) is 133 cm³/mol. The summed E-state index contributed by atoms with van der Waals surface area (Å²) < 4.78 is 32.5. The molecule has 2 heterocycles. The average molecular weight is 515 g/mol. The van der Waals surface area contributed by atoms with E-state index < -0.39 is 27.8 Å². The van der Waals surface area contributed by atoms with Crippen LogP contribution < -0.4 is 0 Å². The van der Waals surface area contributed by atoms with E-state index in [1.165, 1.54) is 45.6 Å². The summed E-state index contributed by atoms with van der Waals surface area (Å²) in [5.74, 6) is -1.92. The standard InChI is InChI=1S/C26H30N2O7S/c1-35-17-5-16-28-23(18-6-10-20(29)11-7-18)22(25(31)26(28)32)24(30)19-8-12-21(13-9-19)36(33,34)27-14-3-2-4-15-27/h6-13,23,29-30H,2-5,14-17H2,1H3/b24-22-. The Labute approximate surface area is 210 Å². The molecule has 2 saturated heterocycles. The van der Waals surface area contributed by atoms with Crippen LogP contribution in [0.3, 0.4) is 0 Å². The van der Waals surface area contributed by atoms with E-state index in [9.17, 15) is 28.2 Å². The highest BCUT2D eigenvalue weighted by atomic mass is 32.2. The number of hydrogen-bond donors (Lipinski definition) is 2. The third-order valence-corrected chi connectivity index (χ3v) is 8.49. The van der Waals surface area contributed by atoms with Crippen molar-refractivity contribution in [2.75, 3.05) is 33.4 Å². The molecule has 0 bridgehead atoms. The van der Waals surface area contributed by atoms with Crippen LogP contribution in [0.1, 0.15) is 42.9 Å². The van der Waals surface area contributed by atoms with Crippen molar-refractivity contribution in [2.45, 2.75) is 36.6 Å². The van der Waals surface area contributed by atoms with E-state index in [0.717, 1.165) is 19.3 Å². The fraction of sp³-hybridized carbons (Fsp3) is 0.385. The van der Waals surface area contributed by atoms with Crippen LogP contribution in [0.5, 0.6) is 5.75 Å². The van der Waals surface area contributed by atoms with Crippen LogP contribution in [0.4, 0.5) is 0 Å².